The van der Waals surface area contributed by atoms with Crippen LogP contribution in [0.1, 0.15) is 37.5 Å². The number of thiophene rings is 1. The summed E-state index contributed by atoms with van der Waals surface area (Å²) in [6, 6.07) is 12.5. The van der Waals surface area contributed by atoms with Gasteiger partial charge in [-0.3, -0.25) is 0 Å². The molecule has 0 fully saturated rings. The van der Waals surface area contributed by atoms with Gasteiger partial charge in [-0.2, -0.15) is 0 Å². The van der Waals surface area contributed by atoms with Crippen molar-refractivity contribution in [2.75, 3.05) is 6.66 Å². The molecule has 0 nitrogen and oxygen atoms in total. The average Bonchev–Trinajstić information content (AvgIpc) is 2.96. The van der Waals surface area contributed by atoms with Gasteiger partial charge in [-0.25, -0.2) is 0 Å². The van der Waals surface area contributed by atoms with Crippen molar-refractivity contribution in [3.8, 4) is 0 Å². The first-order chi connectivity index (χ1) is 10.5. The van der Waals surface area contributed by atoms with Crippen LogP contribution in [0.2, 0.25) is 5.02 Å². The first-order valence-electron chi connectivity index (χ1n) is 7.63. The number of rotatable bonds is 8. The van der Waals surface area contributed by atoms with E-state index in [0.717, 1.165) is 5.02 Å². The third kappa shape index (κ3) is 5.76. The van der Waals surface area contributed by atoms with E-state index in [4.69, 9.17) is 23.8 Å². The minimum Gasteiger partial charge on any atom is -0.538 e. The summed E-state index contributed by atoms with van der Waals surface area (Å²) in [5, 5.41) is 0.777. The maximum atomic E-state index is 5.95. The monoisotopic (exact) mass is 388 g/mol. The smallest absolute Gasteiger partial charge is 0.136 e. The normalized spacial score (nSPS) is 14.0. The van der Waals surface area contributed by atoms with Gasteiger partial charge in [0.1, 0.15) is 4.62 Å². The standard InChI is InChI=1S/C17H22ClPS3/c1-3-4-5-6-7-15-12-13-17(21-15)19(2,20)22-16-10-8-14(18)9-11-16/h8-13H,3-7H2,1-2H3. The molecule has 1 atom stereocenters. The second-order valence-corrected chi connectivity index (χ2v) is 15.8. The molecule has 1 aromatic heterocycles. The molecule has 5 heteroatoms. The van der Waals surface area contributed by atoms with Gasteiger partial charge >= 0.3 is 0 Å². The van der Waals surface area contributed by atoms with E-state index in [1.807, 2.05) is 34.9 Å². The van der Waals surface area contributed by atoms with Crippen LogP contribution in [0.25, 0.3) is 0 Å². The third-order valence-corrected chi connectivity index (χ3v) is 12.0. The summed E-state index contributed by atoms with van der Waals surface area (Å²) >= 11 is 15.6. The maximum Gasteiger partial charge on any atom is 0.136 e. The van der Waals surface area contributed by atoms with E-state index in [1.165, 1.54) is 46.5 Å². The van der Waals surface area contributed by atoms with Crippen LogP contribution in [0, 0.1) is 0 Å². The zero-order valence-corrected chi connectivity index (χ0v) is 17.1. The summed E-state index contributed by atoms with van der Waals surface area (Å²) in [5.41, 5.74) is -1.58. The number of unbranched alkanes of at least 4 members (excludes halogenated alkanes) is 3. The SMILES string of the molecule is CCCCCCc1ccc([P+](C)([S-])Sc2ccc(Cl)cc2)s1. The lowest BCUT2D eigenvalue weighted by molar-refractivity contribution is 0.670. The Kier molecular flexibility index (Phi) is 7.63. The molecule has 0 amide bonds. The fourth-order valence-electron chi connectivity index (χ4n) is 2.19. The number of aryl methyl sites for hydroxylation is 1. The predicted octanol–water partition coefficient (Wildman–Crippen LogP) is 6.97. The van der Waals surface area contributed by atoms with Crippen LogP contribution < -0.4 is 4.62 Å². The van der Waals surface area contributed by atoms with Gasteiger partial charge in [0.25, 0.3) is 0 Å². The molecule has 1 heterocycles. The first kappa shape index (κ1) is 18.7. The molecule has 0 radical (unpaired) electrons. The van der Waals surface area contributed by atoms with Gasteiger partial charge in [-0.15, -0.1) is 11.3 Å². The molecule has 2 rings (SSSR count). The fraction of sp³-hybridized carbons (Fsp3) is 0.412. The van der Waals surface area contributed by atoms with Crippen LogP contribution in [-0.2, 0) is 18.7 Å². The van der Waals surface area contributed by atoms with Gasteiger partial charge in [0.05, 0.1) is 0 Å². The lowest BCUT2D eigenvalue weighted by Crippen LogP contribution is -1.98. The van der Waals surface area contributed by atoms with Crippen LogP contribution in [0.5, 0.6) is 0 Å². The lowest BCUT2D eigenvalue weighted by atomic mass is 10.1. The van der Waals surface area contributed by atoms with Gasteiger partial charge in [-0.1, -0.05) is 37.8 Å². The van der Waals surface area contributed by atoms with E-state index < -0.39 is 5.67 Å². The largest absolute Gasteiger partial charge is 0.538 e. The molecule has 0 N–H and O–H groups in total. The second-order valence-electron chi connectivity index (χ2n) is 5.44. The summed E-state index contributed by atoms with van der Waals surface area (Å²) in [4.78, 5) is 2.70. The zero-order valence-electron chi connectivity index (χ0n) is 13.0. The molecule has 0 aliphatic carbocycles. The van der Waals surface area contributed by atoms with E-state index >= 15 is 0 Å². The maximum absolute atomic E-state index is 5.95. The van der Waals surface area contributed by atoms with E-state index in [1.54, 1.807) is 0 Å². The molecular weight excluding hydrogens is 367 g/mol. The number of hydrogen-bond acceptors (Lipinski definition) is 3. The van der Waals surface area contributed by atoms with Crippen LogP contribution in [0.3, 0.4) is 0 Å². The Morgan fingerprint density at radius 2 is 1.82 bits per heavy atom. The highest BCUT2D eigenvalue weighted by atomic mass is 35.5. The lowest BCUT2D eigenvalue weighted by Gasteiger charge is -2.24. The summed E-state index contributed by atoms with van der Waals surface area (Å²) in [5.74, 6) is 0. The van der Waals surface area contributed by atoms with E-state index in [2.05, 4.69) is 37.9 Å². The van der Waals surface area contributed by atoms with E-state index in [0.29, 0.717) is 0 Å². The molecular formula is C17H22ClPS3. The quantitative estimate of drug-likeness (QED) is 0.272. The molecule has 0 saturated carbocycles. The molecule has 2 aromatic rings. The molecule has 0 aliphatic heterocycles. The molecule has 0 aliphatic rings. The minimum absolute atomic E-state index is 0.777. The second kappa shape index (κ2) is 8.99. The molecule has 1 aromatic carbocycles. The Labute approximate surface area is 153 Å². The summed E-state index contributed by atoms with van der Waals surface area (Å²) in [7, 11) is 0. The average molecular weight is 389 g/mol. The highest BCUT2D eigenvalue weighted by Crippen LogP contribution is 2.67. The van der Waals surface area contributed by atoms with Crippen molar-refractivity contribution in [2.45, 2.75) is 43.9 Å². The molecule has 120 valence electrons. The Balaban J connectivity index is 1.97. The Morgan fingerprint density at radius 3 is 2.50 bits per heavy atom. The summed E-state index contributed by atoms with van der Waals surface area (Å²) in [6.45, 7) is 4.48. The molecule has 0 bridgehead atoms. The Bertz CT molecular complexity index is 578. The van der Waals surface area contributed by atoms with Crippen molar-refractivity contribution in [1.82, 2.24) is 0 Å². The van der Waals surface area contributed by atoms with E-state index in [9.17, 15) is 0 Å². The summed E-state index contributed by atoms with van der Waals surface area (Å²) < 4.78 is 1.38. The van der Waals surface area contributed by atoms with Gasteiger partial charge in [0.15, 0.2) is 0 Å². The predicted molar refractivity (Wildman–Crippen MR) is 109 cm³/mol. The van der Waals surface area contributed by atoms with Crippen LogP contribution in [0.4, 0.5) is 0 Å². The van der Waals surface area contributed by atoms with Crippen molar-refractivity contribution < 1.29 is 0 Å². The van der Waals surface area contributed by atoms with Gasteiger partial charge in [0.2, 0.25) is 0 Å². The van der Waals surface area contributed by atoms with Crippen molar-refractivity contribution in [2.24, 2.45) is 0 Å². The molecule has 22 heavy (non-hydrogen) atoms. The molecule has 0 spiro atoms. The number of hydrogen-bond donors (Lipinski definition) is 0. The van der Waals surface area contributed by atoms with Crippen LogP contribution >= 0.6 is 40.0 Å². The minimum atomic E-state index is -1.58. The summed E-state index contributed by atoms with van der Waals surface area (Å²) in [6.07, 6.45) is 6.47. The topological polar surface area (TPSA) is 0 Å². The highest BCUT2D eigenvalue weighted by Gasteiger charge is 2.25. The van der Waals surface area contributed by atoms with Crippen LogP contribution in [-0.4, -0.2) is 6.66 Å². The van der Waals surface area contributed by atoms with E-state index in [-0.39, 0.29) is 0 Å². The molecule has 0 saturated heterocycles. The zero-order chi connectivity index (χ0) is 16.0. The Hall–Kier alpha value is 0.340. The van der Waals surface area contributed by atoms with Crippen molar-refractivity contribution in [3.05, 3.63) is 46.3 Å². The van der Waals surface area contributed by atoms with Crippen LogP contribution in [0.15, 0.2) is 41.3 Å². The van der Waals surface area contributed by atoms with Gasteiger partial charge in [-0.05, 0) is 54.9 Å². The third-order valence-electron chi connectivity index (χ3n) is 3.42. The van der Waals surface area contributed by atoms with Crippen molar-refractivity contribution >= 4 is 56.9 Å². The van der Waals surface area contributed by atoms with Gasteiger partial charge < -0.3 is 12.2 Å². The van der Waals surface area contributed by atoms with Crippen molar-refractivity contribution in [1.29, 1.82) is 0 Å². The number of halogens is 1. The van der Waals surface area contributed by atoms with Crippen molar-refractivity contribution in [3.63, 3.8) is 0 Å². The highest BCUT2D eigenvalue weighted by molar-refractivity contribution is 8.87. The fourth-order valence-corrected chi connectivity index (χ4v) is 9.20. The Morgan fingerprint density at radius 1 is 1.09 bits per heavy atom. The van der Waals surface area contributed by atoms with Gasteiger partial charge in [0, 0.05) is 32.8 Å². The molecule has 1 unspecified atom stereocenters. The first-order valence-corrected chi connectivity index (χ1v) is 13.5. The number of benzene rings is 1.